The molecule has 0 aliphatic heterocycles. The lowest BCUT2D eigenvalue weighted by Crippen LogP contribution is -2.25. The number of benzene rings is 5. The highest BCUT2D eigenvalue weighted by Crippen LogP contribution is 2.38. The standard InChI is InChI=1S/C37H27N3O4S2/c1-22(41)23-17-19-25(20-18-23)38-37(45)39-26-11-7-12-27(21-26)46-35(24-9-3-2-4-10-24)36(44)40-31-16-8-15-30-32(31)34(43)29-14-6-5-13-28(29)33(30)42/h2-21,35H,1H3,(H,40,44)(H2,38,39,45). The highest BCUT2D eigenvalue weighted by atomic mass is 32.2. The molecule has 1 atom stereocenters. The second kappa shape index (κ2) is 13.3. The van der Waals surface area contributed by atoms with Crippen molar-refractivity contribution in [3.05, 3.63) is 155 Å². The van der Waals surface area contributed by atoms with Crippen molar-refractivity contribution < 1.29 is 19.2 Å². The van der Waals surface area contributed by atoms with Crippen molar-refractivity contribution >= 4 is 69.4 Å². The first kappa shape index (κ1) is 30.6. The van der Waals surface area contributed by atoms with Crippen LogP contribution in [0.1, 0.15) is 59.9 Å². The fourth-order valence-electron chi connectivity index (χ4n) is 5.21. The van der Waals surface area contributed by atoms with Crippen LogP contribution in [-0.2, 0) is 4.79 Å². The molecule has 1 aliphatic rings. The van der Waals surface area contributed by atoms with E-state index in [1.165, 1.54) is 18.7 Å². The normalized spacial score (nSPS) is 12.4. The average molecular weight is 642 g/mol. The zero-order valence-electron chi connectivity index (χ0n) is 24.6. The van der Waals surface area contributed by atoms with E-state index in [9.17, 15) is 19.2 Å². The molecule has 0 saturated heterocycles. The molecular weight excluding hydrogens is 615 g/mol. The van der Waals surface area contributed by atoms with Gasteiger partial charge in [0, 0.05) is 38.5 Å². The fraction of sp³-hybridized carbons (Fsp3) is 0.0541. The number of Topliss-reactive ketones (excluding diaryl/α,β-unsaturated/α-hetero) is 1. The van der Waals surface area contributed by atoms with Crippen LogP contribution in [0.2, 0.25) is 0 Å². The van der Waals surface area contributed by atoms with E-state index in [0.29, 0.717) is 27.5 Å². The predicted octanol–water partition coefficient (Wildman–Crippen LogP) is 7.95. The number of hydrogen-bond acceptors (Lipinski definition) is 6. The molecule has 5 aromatic carbocycles. The summed E-state index contributed by atoms with van der Waals surface area (Å²) in [6, 6.07) is 35.6. The molecule has 1 unspecified atom stereocenters. The van der Waals surface area contributed by atoms with E-state index >= 15 is 0 Å². The number of amides is 1. The molecule has 1 amide bonds. The van der Waals surface area contributed by atoms with E-state index in [4.69, 9.17) is 12.2 Å². The number of thioether (sulfide) groups is 1. The number of carbonyl (C=O) groups is 4. The van der Waals surface area contributed by atoms with Gasteiger partial charge in [-0.1, -0.05) is 72.8 Å². The lowest BCUT2D eigenvalue weighted by atomic mass is 9.83. The van der Waals surface area contributed by atoms with Crippen molar-refractivity contribution in [1.29, 1.82) is 0 Å². The van der Waals surface area contributed by atoms with Crippen LogP contribution in [0.3, 0.4) is 0 Å². The van der Waals surface area contributed by atoms with Gasteiger partial charge >= 0.3 is 0 Å². The van der Waals surface area contributed by atoms with Crippen molar-refractivity contribution in [2.24, 2.45) is 0 Å². The lowest BCUT2D eigenvalue weighted by molar-refractivity contribution is -0.115. The van der Waals surface area contributed by atoms with Crippen molar-refractivity contribution in [2.45, 2.75) is 17.1 Å². The number of thiocarbonyl (C=S) groups is 1. The summed E-state index contributed by atoms with van der Waals surface area (Å²) < 4.78 is 0. The summed E-state index contributed by atoms with van der Waals surface area (Å²) >= 11 is 6.85. The number of nitrogens with one attached hydrogen (secondary N) is 3. The van der Waals surface area contributed by atoms with Crippen LogP contribution in [0.25, 0.3) is 0 Å². The first-order valence-electron chi connectivity index (χ1n) is 14.4. The molecule has 3 N–H and O–H groups in total. The van der Waals surface area contributed by atoms with Gasteiger partial charge in [-0.05, 0) is 73.2 Å². The number of carbonyl (C=O) groups excluding carboxylic acids is 4. The summed E-state index contributed by atoms with van der Waals surface area (Å²) in [5, 5.41) is 8.92. The van der Waals surface area contributed by atoms with Crippen LogP contribution >= 0.6 is 24.0 Å². The Hall–Kier alpha value is -5.38. The van der Waals surface area contributed by atoms with E-state index in [1.54, 1.807) is 66.7 Å². The Morgan fingerprint density at radius 1 is 0.652 bits per heavy atom. The fourth-order valence-corrected chi connectivity index (χ4v) is 6.53. The maximum absolute atomic E-state index is 14.0. The highest BCUT2D eigenvalue weighted by molar-refractivity contribution is 8.00. The number of rotatable bonds is 8. The smallest absolute Gasteiger partial charge is 0.242 e. The Morgan fingerprint density at radius 2 is 1.28 bits per heavy atom. The van der Waals surface area contributed by atoms with Gasteiger partial charge in [-0.3, -0.25) is 19.2 Å². The van der Waals surface area contributed by atoms with Gasteiger partial charge in [0.15, 0.2) is 22.5 Å². The molecule has 0 radical (unpaired) electrons. The van der Waals surface area contributed by atoms with E-state index in [1.807, 2.05) is 54.6 Å². The molecule has 0 fully saturated rings. The summed E-state index contributed by atoms with van der Waals surface area (Å²) in [4.78, 5) is 53.1. The highest BCUT2D eigenvalue weighted by Gasteiger charge is 2.32. The van der Waals surface area contributed by atoms with Gasteiger partial charge in [0.2, 0.25) is 5.91 Å². The van der Waals surface area contributed by atoms with Crippen LogP contribution < -0.4 is 16.0 Å². The maximum atomic E-state index is 14.0. The SMILES string of the molecule is CC(=O)c1ccc(NC(=S)Nc2cccc(SC(C(=O)Nc3cccc4c3C(=O)c3ccccc3C4=O)c3ccccc3)c2)cc1. The van der Waals surface area contributed by atoms with Gasteiger partial charge in [-0.15, -0.1) is 11.8 Å². The van der Waals surface area contributed by atoms with E-state index in [-0.39, 0.29) is 34.4 Å². The molecular formula is C37H27N3O4S2. The third-order valence-electron chi connectivity index (χ3n) is 7.45. The van der Waals surface area contributed by atoms with Crippen molar-refractivity contribution in [3.63, 3.8) is 0 Å². The number of fused-ring (bicyclic) bond motifs is 2. The largest absolute Gasteiger partial charge is 0.332 e. The van der Waals surface area contributed by atoms with Crippen LogP contribution in [0, 0.1) is 0 Å². The molecule has 46 heavy (non-hydrogen) atoms. The zero-order valence-corrected chi connectivity index (χ0v) is 26.2. The second-order valence-corrected chi connectivity index (χ2v) is 12.2. The molecule has 6 rings (SSSR count). The molecule has 226 valence electrons. The molecule has 5 aromatic rings. The Bertz CT molecular complexity index is 2010. The van der Waals surface area contributed by atoms with Crippen LogP contribution in [0.4, 0.5) is 17.1 Å². The second-order valence-electron chi connectivity index (χ2n) is 10.6. The summed E-state index contributed by atoms with van der Waals surface area (Å²) in [7, 11) is 0. The van der Waals surface area contributed by atoms with Crippen molar-refractivity contribution in [1.82, 2.24) is 0 Å². The number of anilines is 3. The van der Waals surface area contributed by atoms with Gasteiger partial charge < -0.3 is 16.0 Å². The summed E-state index contributed by atoms with van der Waals surface area (Å²) in [5.41, 5.74) is 4.27. The molecule has 1 aliphatic carbocycles. The van der Waals surface area contributed by atoms with Gasteiger partial charge in [0.05, 0.1) is 11.3 Å². The van der Waals surface area contributed by atoms with Crippen molar-refractivity contribution in [3.8, 4) is 0 Å². The number of hydrogen-bond donors (Lipinski definition) is 3. The molecule has 0 spiro atoms. The van der Waals surface area contributed by atoms with E-state index in [0.717, 1.165) is 21.8 Å². The van der Waals surface area contributed by atoms with Crippen LogP contribution in [0.15, 0.2) is 126 Å². The summed E-state index contributed by atoms with van der Waals surface area (Å²) in [6.07, 6.45) is 0. The average Bonchev–Trinajstić information content (AvgIpc) is 3.07. The predicted molar refractivity (Wildman–Crippen MR) is 186 cm³/mol. The quantitative estimate of drug-likeness (QED) is 0.0874. The Balaban J connectivity index is 1.22. The molecule has 0 aromatic heterocycles. The Morgan fingerprint density at radius 3 is 2.00 bits per heavy atom. The topological polar surface area (TPSA) is 104 Å². The van der Waals surface area contributed by atoms with Crippen LogP contribution in [0.5, 0.6) is 0 Å². The van der Waals surface area contributed by atoms with E-state index < -0.39 is 5.25 Å². The molecule has 0 heterocycles. The maximum Gasteiger partial charge on any atom is 0.242 e. The first-order chi connectivity index (χ1) is 22.3. The van der Waals surface area contributed by atoms with Gasteiger partial charge in [0.25, 0.3) is 0 Å². The monoisotopic (exact) mass is 641 g/mol. The third-order valence-corrected chi connectivity index (χ3v) is 8.90. The van der Waals surface area contributed by atoms with Gasteiger partial charge in [0.1, 0.15) is 5.25 Å². The third kappa shape index (κ3) is 6.51. The molecule has 0 bridgehead atoms. The zero-order chi connectivity index (χ0) is 32.2. The summed E-state index contributed by atoms with van der Waals surface area (Å²) in [5.74, 6) is -0.905. The van der Waals surface area contributed by atoms with Gasteiger partial charge in [-0.25, -0.2) is 0 Å². The van der Waals surface area contributed by atoms with Crippen LogP contribution in [-0.4, -0.2) is 28.4 Å². The van der Waals surface area contributed by atoms with Gasteiger partial charge in [-0.2, -0.15) is 0 Å². The lowest BCUT2D eigenvalue weighted by Gasteiger charge is -2.22. The van der Waals surface area contributed by atoms with E-state index in [2.05, 4.69) is 16.0 Å². The molecule has 0 saturated carbocycles. The van der Waals surface area contributed by atoms with Crippen molar-refractivity contribution in [2.75, 3.05) is 16.0 Å². The molecule has 9 heteroatoms. The minimum Gasteiger partial charge on any atom is -0.332 e. The molecule has 7 nitrogen and oxygen atoms in total. The minimum atomic E-state index is -0.682. The Labute approximate surface area is 275 Å². The minimum absolute atomic E-state index is 0.0125. The Kier molecular flexibility index (Phi) is 8.87. The first-order valence-corrected chi connectivity index (χ1v) is 15.7. The summed E-state index contributed by atoms with van der Waals surface area (Å²) in [6.45, 7) is 1.52. The number of ketones is 3.